The number of nitriles is 1. The van der Waals surface area contributed by atoms with Crippen molar-refractivity contribution >= 4 is 5.78 Å². The van der Waals surface area contributed by atoms with Crippen molar-refractivity contribution in [3.8, 4) is 6.07 Å². The summed E-state index contributed by atoms with van der Waals surface area (Å²) in [6, 6.07) is 18.4. The number of epoxide rings is 1. The zero-order chi connectivity index (χ0) is 13.2. The smallest absolute Gasteiger partial charge is 0.194 e. The Hall–Kier alpha value is -2.44. The molecule has 0 radical (unpaired) electrons. The highest BCUT2D eigenvalue weighted by molar-refractivity contribution is 6.01. The minimum atomic E-state index is -0.393. The molecule has 3 rings (SSSR count). The fourth-order valence-corrected chi connectivity index (χ4v) is 2.08. The van der Waals surface area contributed by atoms with Crippen LogP contribution in [0.3, 0.4) is 0 Å². The normalized spacial score (nSPS) is 20.6. The Kier molecular flexibility index (Phi) is 2.86. The maximum Gasteiger partial charge on any atom is 0.194 e. The number of ketones is 1. The summed E-state index contributed by atoms with van der Waals surface area (Å²) in [6.07, 6.45) is -0.528. The minimum Gasteiger partial charge on any atom is -0.356 e. The SMILES string of the molecule is N#Cc1ccc(C(=O)C2OC2c2ccccc2)cc1. The van der Waals surface area contributed by atoms with Crippen molar-refractivity contribution in [2.45, 2.75) is 12.2 Å². The van der Waals surface area contributed by atoms with Gasteiger partial charge in [0, 0.05) is 5.56 Å². The maximum absolute atomic E-state index is 12.2. The van der Waals surface area contributed by atoms with E-state index in [-0.39, 0.29) is 11.9 Å². The van der Waals surface area contributed by atoms with Gasteiger partial charge in [-0.05, 0) is 29.8 Å². The fourth-order valence-electron chi connectivity index (χ4n) is 2.08. The standard InChI is InChI=1S/C16H11NO2/c17-10-11-6-8-12(9-7-11)14(18)16-15(19-16)13-4-2-1-3-5-13/h1-9,15-16H. The molecule has 0 spiro atoms. The summed E-state index contributed by atoms with van der Waals surface area (Å²) >= 11 is 0. The van der Waals surface area contributed by atoms with Crippen LogP contribution in [0.1, 0.15) is 27.6 Å². The molecular formula is C16H11NO2. The van der Waals surface area contributed by atoms with Crippen LogP contribution in [-0.4, -0.2) is 11.9 Å². The predicted molar refractivity (Wildman–Crippen MR) is 69.5 cm³/mol. The zero-order valence-electron chi connectivity index (χ0n) is 10.1. The molecule has 0 bridgehead atoms. The van der Waals surface area contributed by atoms with Gasteiger partial charge in [0.05, 0.1) is 11.6 Å². The van der Waals surface area contributed by atoms with E-state index in [0.29, 0.717) is 11.1 Å². The first-order valence-electron chi connectivity index (χ1n) is 6.04. The predicted octanol–water partition coefficient (Wildman–Crippen LogP) is 2.88. The average Bonchev–Trinajstić information content (AvgIpc) is 3.28. The van der Waals surface area contributed by atoms with Gasteiger partial charge in [-0.2, -0.15) is 5.26 Å². The molecule has 0 amide bonds. The molecule has 1 aliphatic heterocycles. The second-order valence-electron chi connectivity index (χ2n) is 4.44. The van der Waals surface area contributed by atoms with Gasteiger partial charge in [0.25, 0.3) is 0 Å². The summed E-state index contributed by atoms with van der Waals surface area (Å²) in [5.41, 5.74) is 2.16. The van der Waals surface area contributed by atoms with Crippen LogP contribution in [-0.2, 0) is 4.74 Å². The van der Waals surface area contributed by atoms with Crippen molar-refractivity contribution in [3.63, 3.8) is 0 Å². The molecule has 0 N–H and O–H groups in total. The Bertz CT molecular complexity index is 641. The summed E-state index contributed by atoms with van der Waals surface area (Å²) in [5.74, 6) is -0.0293. The third kappa shape index (κ3) is 2.26. The van der Waals surface area contributed by atoms with Gasteiger partial charge in [-0.15, -0.1) is 0 Å². The van der Waals surface area contributed by atoms with Crippen LogP contribution < -0.4 is 0 Å². The van der Waals surface area contributed by atoms with Crippen molar-refractivity contribution in [1.29, 1.82) is 5.26 Å². The largest absolute Gasteiger partial charge is 0.356 e. The van der Waals surface area contributed by atoms with Crippen molar-refractivity contribution in [1.82, 2.24) is 0 Å². The number of nitrogens with zero attached hydrogens (tertiary/aromatic N) is 1. The van der Waals surface area contributed by atoms with Gasteiger partial charge in [0.15, 0.2) is 11.9 Å². The molecule has 2 unspecified atom stereocenters. The second-order valence-corrected chi connectivity index (χ2v) is 4.44. The molecule has 1 saturated heterocycles. The summed E-state index contributed by atoms with van der Waals surface area (Å²) in [5, 5.41) is 8.72. The molecular weight excluding hydrogens is 238 g/mol. The van der Waals surface area contributed by atoms with E-state index in [0.717, 1.165) is 5.56 Å². The third-order valence-corrected chi connectivity index (χ3v) is 3.18. The number of rotatable bonds is 3. The summed E-state index contributed by atoms with van der Waals surface area (Å²) in [4.78, 5) is 12.2. The number of hydrogen-bond acceptors (Lipinski definition) is 3. The molecule has 92 valence electrons. The highest BCUT2D eigenvalue weighted by Crippen LogP contribution is 2.40. The van der Waals surface area contributed by atoms with E-state index in [1.807, 2.05) is 36.4 Å². The highest BCUT2D eigenvalue weighted by atomic mass is 16.6. The van der Waals surface area contributed by atoms with Crippen LogP contribution in [0, 0.1) is 11.3 Å². The molecule has 3 heteroatoms. The van der Waals surface area contributed by atoms with E-state index >= 15 is 0 Å². The van der Waals surface area contributed by atoms with Crippen molar-refractivity contribution in [3.05, 3.63) is 71.3 Å². The van der Waals surface area contributed by atoms with Gasteiger partial charge in [0.2, 0.25) is 0 Å². The molecule has 0 aromatic heterocycles. The van der Waals surface area contributed by atoms with E-state index in [9.17, 15) is 4.79 Å². The van der Waals surface area contributed by atoms with Crippen LogP contribution in [0.2, 0.25) is 0 Å². The second kappa shape index (κ2) is 4.68. The van der Waals surface area contributed by atoms with E-state index in [4.69, 9.17) is 10.00 Å². The Morgan fingerprint density at radius 3 is 2.37 bits per heavy atom. The van der Waals surface area contributed by atoms with E-state index < -0.39 is 6.10 Å². The summed E-state index contributed by atoms with van der Waals surface area (Å²) < 4.78 is 5.46. The molecule has 2 aromatic carbocycles. The molecule has 1 fully saturated rings. The molecule has 2 aromatic rings. The van der Waals surface area contributed by atoms with Crippen molar-refractivity contribution < 1.29 is 9.53 Å². The molecule has 3 nitrogen and oxygen atoms in total. The van der Waals surface area contributed by atoms with E-state index in [2.05, 4.69) is 0 Å². The lowest BCUT2D eigenvalue weighted by Gasteiger charge is -1.98. The molecule has 1 heterocycles. The fraction of sp³-hybridized carbons (Fsp3) is 0.125. The molecule has 2 atom stereocenters. The van der Waals surface area contributed by atoms with Gasteiger partial charge >= 0.3 is 0 Å². The molecule has 1 aliphatic rings. The Balaban J connectivity index is 1.74. The van der Waals surface area contributed by atoms with Gasteiger partial charge in [-0.1, -0.05) is 30.3 Å². The Morgan fingerprint density at radius 2 is 1.74 bits per heavy atom. The minimum absolute atomic E-state index is 0.0293. The average molecular weight is 249 g/mol. The number of carbonyl (C=O) groups excluding carboxylic acids is 1. The maximum atomic E-state index is 12.2. The number of Topliss-reactive ketones (excluding diaryl/α,β-unsaturated/α-hetero) is 1. The topological polar surface area (TPSA) is 53.4 Å². The third-order valence-electron chi connectivity index (χ3n) is 3.18. The van der Waals surface area contributed by atoms with Crippen molar-refractivity contribution in [2.75, 3.05) is 0 Å². The first kappa shape index (κ1) is 11.6. The first-order chi connectivity index (χ1) is 9.29. The van der Waals surface area contributed by atoms with Gasteiger partial charge in [0.1, 0.15) is 6.10 Å². The lowest BCUT2D eigenvalue weighted by molar-refractivity contribution is 0.0953. The van der Waals surface area contributed by atoms with Gasteiger partial charge in [-0.3, -0.25) is 4.79 Å². The first-order valence-corrected chi connectivity index (χ1v) is 6.04. The molecule has 19 heavy (non-hydrogen) atoms. The summed E-state index contributed by atoms with van der Waals surface area (Å²) in [6.45, 7) is 0. The Labute approximate surface area is 111 Å². The quantitative estimate of drug-likeness (QED) is 0.620. The zero-order valence-corrected chi connectivity index (χ0v) is 10.1. The van der Waals surface area contributed by atoms with Gasteiger partial charge in [-0.25, -0.2) is 0 Å². The van der Waals surface area contributed by atoms with Gasteiger partial charge < -0.3 is 4.74 Å². The summed E-state index contributed by atoms with van der Waals surface area (Å²) in [7, 11) is 0. The number of carbonyl (C=O) groups is 1. The number of ether oxygens (including phenoxy) is 1. The van der Waals surface area contributed by atoms with Crippen molar-refractivity contribution in [2.24, 2.45) is 0 Å². The lowest BCUT2D eigenvalue weighted by atomic mass is 10.0. The van der Waals surface area contributed by atoms with Crippen LogP contribution in [0.4, 0.5) is 0 Å². The number of hydrogen-bond donors (Lipinski definition) is 0. The number of benzene rings is 2. The van der Waals surface area contributed by atoms with Crippen LogP contribution in [0.15, 0.2) is 54.6 Å². The van der Waals surface area contributed by atoms with Crippen LogP contribution in [0.25, 0.3) is 0 Å². The van der Waals surface area contributed by atoms with E-state index in [1.165, 1.54) is 0 Å². The van der Waals surface area contributed by atoms with Crippen LogP contribution in [0.5, 0.6) is 0 Å². The van der Waals surface area contributed by atoms with Crippen LogP contribution >= 0.6 is 0 Å². The molecule has 0 saturated carbocycles. The van der Waals surface area contributed by atoms with E-state index in [1.54, 1.807) is 24.3 Å². The lowest BCUT2D eigenvalue weighted by Crippen LogP contribution is -2.08. The highest BCUT2D eigenvalue weighted by Gasteiger charge is 2.45. The molecule has 0 aliphatic carbocycles. The Morgan fingerprint density at radius 1 is 1.05 bits per heavy atom. The monoisotopic (exact) mass is 249 g/mol.